The molecule has 0 aromatic heterocycles. The highest BCUT2D eigenvalue weighted by molar-refractivity contribution is 7.92. The molecule has 2 aromatic rings. The SMILES string of the molecule is COc1ccc(S(=O)(=O)N(CC(=O)N2CCOCC2)c2ccccc2F)cc1OC. The molecule has 1 amide bonds. The predicted molar refractivity (Wildman–Crippen MR) is 108 cm³/mol. The summed E-state index contributed by atoms with van der Waals surface area (Å²) in [5.41, 5.74) is -0.214. The third-order valence-corrected chi connectivity index (χ3v) is 6.46. The molecule has 30 heavy (non-hydrogen) atoms. The van der Waals surface area contributed by atoms with Crippen LogP contribution in [0.4, 0.5) is 10.1 Å². The first-order chi connectivity index (χ1) is 14.4. The van der Waals surface area contributed by atoms with E-state index < -0.39 is 28.3 Å². The number of hydrogen-bond acceptors (Lipinski definition) is 6. The van der Waals surface area contributed by atoms with E-state index in [1.807, 2.05) is 0 Å². The number of anilines is 1. The molecule has 0 N–H and O–H groups in total. The van der Waals surface area contributed by atoms with Crippen LogP contribution in [0.5, 0.6) is 11.5 Å². The van der Waals surface area contributed by atoms with Crippen LogP contribution in [-0.2, 0) is 19.6 Å². The van der Waals surface area contributed by atoms with Gasteiger partial charge in [0.1, 0.15) is 12.4 Å². The van der Waals surface area contributed by atoms with Gasteiger partial charge in [-0.05, 0) is 24.3 Å². The van der Waals surface area contributed by atoms with Gasteiger partial charge in [0.2, 0.25) is 5.91 Å². The fourth-order valence-electron chi connectivity index (χ4n) is 3.09. The zero-order valence-corrected chi connectivity index (χ0v) is 17.5. The standard InChI is InChI=1S/C20H23FN2O6S/c1-27-18-8-7-15(13-19(18)28-2)30(25,26)23(17-6-4-3-5-16(17)21)14-20(24)22-9-11-29-12-10-22/h3-8,13H,9-12,14H2,1-2H3. The molecule has 1 heterocycles. The summed E-state index contributed by atoms with van der Waals surface area (Å²) in [4.78, 5) is 14.1. The van der Waals surface area contributed by atoms with E-state index in [-0.39, 0.29) is 16.3 Å². The summed E-state index contributed by atoms with van der Waals surface area (Å²) >= 11 is 0. The lowest BCUT2D eigenvalue weighted by Gasteiger charge is -2.30. The van der Waals surface area contributed by atoms with Gasteiger partial charge in [0.05, 0.1) is 38.0 Å². The van der Waals surface area contributed by atoms with E-state index in [4.69, 9.17) is 14.2 Å². The number of halogens is 1. The number of para-hydroxylation sites is 1. The summed E-state index contributed by atoms with van der Waals surface area (Å²) in [6, 6.07) is 9.46. The van der Waals surface area contributed by atoms with Crippen LogP contribution in [0.25, 0.3) is 0 Å². The quantitative estimate of drug-likeness (QED) is 0.657. The zero-order valence-electron chi connectivity index (χ0n) is 16.7. The van der Waals surface area contributed by atoms with Crippen LogP contribution in [-0.4, -0.2) is 66.3 Å². The fraction of sp³-hybridized carbons (Fsp3) is 0.350. The number of nitrogens with zero attached hydrogens (tertiary/aromatic N) is 2. The molecule has 2 aromatic carbocycles. The number of sulfonamides is 1. The van der Waals surface area contributed by atoms with E-state index >= 15 is 0 Å². The van der Waals surface area contributed by atoms with Gasteiger partial charge < -0.3 is 19.1 Å². The van der Waals surface area contributed by atoms with Crippen LogP contribution in [0, 0.1) is 5.82 Å². The molecule has 1 fully saturated rings. The average Bonchev–Trinajstić information content (AvgIpc) is 2.77. The molecule has 162 valence electrons. The van der Waals surface area contributed by atoms with Gasteiger partial charge in [-0.2, -0.15) is 0 Å². The van der Waals surface area contributed by atoms with Crippen molar-refractivity contribution in [1.29, 1.82) is 0 Å². The third-order valence-electron chi connectivity index (χ3n) is 4.71. The van der Waals surface area contributed by atoms with Crippen LogP contribution in [0.2, 0.25) is 0 Å². The Balaban J connectivity index is 2.02. The molecule has 0 aliphatic carbocycles. The number of carbonyl (C=O) groups is 1. The number of benzene rings is 2. The number of carbonyl (C=O) groups excluding carboxylic acids is 1. The molecule has 1 saturated heterocycles. The first-order valence-electron chi connectivity index (χ1n) is 9.23. The van der Waals surface area contributed by atoms with E-state index in [9.17, 15) is 17.6 Å². The van der Waals surface area contributed by atoms with E-state index in [0.29, 0.717) is 32.1 Å². The summed E-state index contributed by atoms with van der Waals surface area (Å²) in [5, 5.41) is 0. The Kier molecular flexibility index (Phi) is 6.78. The van der Waals surface area contributed by atoms with Gasteiger partial charge in [0.25, 0.3) is 10.0 Å². The van der Waals surface area contributed by atoms with Crippen molar-refractivity contribution in [2.45, 2.75) is 4.90 Å². The van der Waals surface area contributed by atoms with Crippen LogP contribution in [0.15, 0.2) is 47.4 Å². The molecule has 1 aliphatic rings. The Labute approximate surface area is 174 Å². The molecule has 8 nitrogen and oxygen atoms in total. The van der Waals surface area contributed by atoms with Crippen molar-refractivity contribution < 1.29 is 31.8 Å². The minimum absolute atomic E-state index is 0.154. The van der Waals surface area contributed by atoms with Crippen molar-refractivity contribution in [3.05, 3.63) is 48.3 Å². The van der Waals surface area contributed by atoms with E-state index in [2.05, 4.69) is 0 Å². The number of rotatable bonds is 7. The molecular formula is C20H23FN2O6S. The Morgan fingerprint density at radius 2 is 1.77 bits per heavy atom. The summed E-state index contributed by atoms with van der Waals surface area (Å²) in [7, 11) is -1.48. The molecule has 1 aliphatic heterocycles. The zero-order chi connectivity index (χ0) is 21.7. The highest BCUT2D eigenvalue weighted by Crippen LogP contribution is 2.33. The van der Waals surface area contributed by atoms with E-state index in [0.717, 1.165) is 10.4 Å². The van der Waals surface area contributed by atoms with Crippen molar-refractivity contribution in [1.82, 2.24) is 4.90 Å². The second-order valence-electron chi connectivity index (χ2n) is 6.47. The number of ether oxygens (including phenoxy) is 3. The monoisotopic (exact) mass is 438 g/mol. The largest absolute Gasteiger partial charge is 0.493 e. The third kappa shape index (κ3) is 4.49. The smallest absolute Gasteiger partial charge is 0.265 e. The first kappa shape index (κ1) is 21.8. The lowest BCUT2D eigenvalue weighted by atomic mass is 10.3. The highest BCUT2D eigenvalue weighted by Gasteiger charge is 2.31. The number of methoxy groups -OCH3 is 2. The van der Waals surface area contributed by atoms with Gasteiger partial charge in [-0.25, -0.2) is 12.8 Å². The fourth-order valence-corrected chi connectivity index (χ4v) is 4.53. The van der Waals surface area contributed by atoms with Crippen LogP contribution < -0.4 is 13.8 Å². The number of morpholine rings is 1. The Hall–Kier alpha value is -2.85. The summed E-state index contributed by atoms with van der Waals surface area (Å²) in [6.07, 6.45) is 0. The second kappa shape index (κ2) is 9.31. The van der Waals surface area contributed by atoms with Crippen molar-refractivity contribution >= 4 is 21.6 Å². The molecule has 0 atom stereocenters. The molecule has 3 rings (SSSR count). The van der Waals surface area contributed by atoms with Crippen molar-refractivity contribution in [2.24, 2.45) is 0 Å². The van der Waals surface area contributed by atoms with Gasteiger partial charge in [0, 0.05) is 19.2 Å². The lowest BCUT2D eigenvalue weighted by molar-refractivity contribution is -0.133. The van der Waals surface area contributed by atoms with E-state index in [1.54, 1.807) is 0 Å². The second-order valence-corrected chi connectivity index (χ2v) is 8.34. The number of amides is 1. The lowest BCUT2D eigenvalue weighted by Crippen LogP contribution is -2.47. The van der Waals surface area contributed by atoms with Crippen LogP contribution in [0.3, 0.4) is 0 Å². The first-order valence-corrected chi connectivity index (χ1v) is 10.7. The molecular weight excluding hydrogens is 415 g/mol. The van der Waals surface area contributed by atoms with Crippen molar-refractivity contribution in [3.63, 3.8) is 0 Å². The van der Waals surface area contributed by atoms with Crippen LogP contribution >= 0.6 is 0 Å². The maximum absolute atomic E-state index is 14.5. The average molecular weight is 438 g/mol. The Bertz CT molecular complexity index is 1010. The molecule has 0 unspecified atom stereocenters. The molecule has 0 saturated carbocycles. The van der Waals surface area contributed by atoms with E-state index in [1.165, 1.54) is 55.5 Å². The molecule has 10 heteroatoms. The molecule has 0 radical (unpaired) electrons. The summed E-state index contributed by atoms with van der Waals surface area (Å²) < 4.78 is 57.8. The van der Waals surface area contributed by atoms with Gasteiger partial charge >= 0.3 is 0 Å². The van der Waals surface area contributed by atoms with Gasteiger partial charge in [-0.15, -0.1) is 0 Å². The summed E-state index contributed by atoms with van der Waals surface area (Å²) in [6.45, 7) is 0.889. The summed E-state index contributed by atoms with van der Waals surface area (Å²) in [5.74, 6) is -0.646. The molecule has 0 bridgehead atoms. The topological polar surface area (TPSA) is 85.4 Å². The Morgan fingerprint density at radius 3 is 2.40 bits per heavy atom. The number of hydrogen-bond donors (Lipinski definition) is 0. The maximum Gasteiger partial charge on any atom is 0.265 e. The van der Waals surface area contributed by atoms with Gasteiger partial charge in [-0.3, -0.25) is 9.10 Å². The van der Waals surface area contributed by atoms with Crippen molar-refractivity contribution in [2.75, 3.05) is 51.4 Å². The van der Waals surface area contributed by atoms with Gasteiger partial charge in [-0.1, -0.05) is 12.1 Å². The van der Waals surface area contributed by atoms with Crippen molar-refractivity contribution in [3.8, 4) is 11.5 Å². The Morgan fingerprint density at radius 1 is 1.10 bits per heavy atom. The highest BCUT2D eigenvalue weighted by atomic mass is 32.2. The minimum atomic E-state index is -4.29. The van der Waals surface area contributed by atoms with Crippen LogP contribution in [0.1, 0.15) is 0 Å². The normalized spacial score (nSPS) is 14.3. The predicted octanol–water partition coefficient (Wildman–Crippen LogP) is 1.90. The minimum Gasteiger partial charge on any atom is -0.493 e. The van der Waals surface area contributed by atoms with Gasteiger partial charge in [0.15, 0.2) is 11.5 Å². The maximum atomic E-state index is 14.5. The molecule has 0 spiro atoms.